The van der Waals surface area contributed by atoms with E-state index in [1.807, 2.05) is 60.7 Å². The maximum atomic E-state index is 12.1. The third kappa shape index (κ3) is 9.99. The number of rotatable bonds is 17. The van der Waals surface area contributed by atoms with Gasteiger partial charge in [-0.05, 0) is 42.8 Å². The van der Waals surface area contributed by atoms with Crippen LogP contribution in [0.1, 0.15) is 33.6 Å². The summed E-state index contributed by atoms with van der Waals surface area (Å²) in [6, 6.07) is 25.0. The number of carboxylic acid groups (broad SMARTS) is 1. The van der Waals surface area contributed by atoms with Gasteiger partial charge >= 0.3 is 5.97 Å². The van der Waals surface area contributed by atoms with Crippen molar-refractivity contribution in [3.63, 3.8) is 0 Å². The van der Waals surface area contributed by atoms with E-state index in [1.54, 1.807) is 12.1 Å². The lowest BCUT2D eigenvalue weighted by atomic mass is 10.1. The fourth-order valence-corrected chi connectivity index (χ4v) is 3.70. The first-order valence-electron chi connectivity index (χ1n) is 13.2. The van der Waals surface area contributed by atoms with E-state index >= 15 is 0 Å². The molecule has 0 aliphatic heterocycles. The molecule has 41 heavy (non-hydrogen) atoms. The zero-order valence-electron chi connectivity index (χ0n) is 22.5. The Bertz CT molecular complexity index is 1390. The van der Waals surface area contributed by atoms with Gasteiger partial charge < -0.3 is 30.5 Å². The van der Waals surface area contributed by atoms with Crippen molar-refractivity contribution in [1.29, 1.82) is 0 Å². The van der Waals surface area contributed by atoms with Gasteiger partial charge in [0.15, 0.2) is 5.78 Å². The van der Waals surface area contributed by atoms with Crippen LogP contribution in [0.3, 0.4) is 0 Å². The van der Waals surface area contributed by atoms with Crippen LogP contribution in [-0.4, -0.2) is 64.8 Å². The molecule has 0 bridgehead atoms. The number of carbonyl (C=O) groups is 2. The average molecular weight is 557 g/mol. The largest absolute Gasteiger partial charge is 0.478 e. The summed E-state index contributed by atoms with van der Waals surface area (Å²) in [4.78, 5) is 36.5. The van der Waals surface area contributed by atoms with Gasteiger partial charge in [0.2, 0.25) is 17.8 Å². The molecule has 0 spiro atoms. The maximum absolute atomic E-state index is 12.1. The van der Waals surface area contributed by atoms with Gasteiger partial charge in [-0.3, -0.25) is 4.79 Å². The first-order valence-corrected chi connectivity index (χ1v) is 13.2. The summed E-state index contributed by atoms with van der Waals surface area (Å²) in [7, 11) is 0. The summed E-state index contributed by atoms with van der Waals surface area (Å²) < 4.78 is 11.2. The van der Waals surface area contributed by atoms with Crippen molar-refractivity contribution in [1.82, 2.24) is 15.0 Å². The van der Waals surface area contributed by atoms with Crippen molar-refractivity contribution < 1.29 is 24.2 Å². The number of benzene rings is 3. The molecular weight excluding hydrogens is 524 g/mol. The van der Waals surface area contributed by atoms with Crippen LogP contribution in [0, 0.1) is 0 Å². The van der Waals surface area contributed by atoms with Gasteiger partial charge in [0, 0.05) is 36.5 Å². The second-order valence-electron chi connectivity index (χ2n) is 8.85. The number of anilines is 5. The van der Waals surface area contributed by atoms with Gasteiger partial charge in [-0.15, -0.1) is 0 Å². The summed E-state index contributed by atoms with van der Waals surface area (Å²) in [5.74, 6) is 0.0709. The monoisotopic (exact) mass is 556 g/mol. The molecule has 4 aromatic rings. The Kier molecular flexibility index (Phi) is 11.1. The second-order valence-corrected chi connectivity index (χ2v) is 8.85. The van der Waals surface area contributed by atoms with Gasteiger partial charge in [0.05, 0.1) is 25.4 Å². The molecule has 0 aliphatic carbocycles. The minimum absolute atomic E-state index is 0.117. The van der Waals surface area contributed by atoms with E-state index in [0.717, 1.165) is 11.3 Å². The number of Topliss-reactive ketones (excluding diaryl/α,β-unsaturated/α-hetero) is 1. The maximum Gasteiger partial charge on any atom is 0.335 e. The van der Waals surface area contributed by atoms with E-state index in [4.69, 9.17) is 14.6 Å². The number of aromatic carboxylic acids is 1. The summed E-state index contributed by atoms with van der Waals surface area (Å²) in [5, 5.41) is 18.5. The lowest BCUT2D eigenvalue weighted by molar-refractivity contribution is 0.0497. The van der Waals surface area contributed by atoms with Gasteiger partial charge in [0.25, 0.3) is 0 Å². The Labute approximate surface area is 238 Å². The van der Waals surface area contributed by atoms with Crippen LogP contribution in [0.5, 0.6) is 0 Å². The van der Waals surface area contributed by atoms with Crippen molar-refractivity contribution in [3.8, 4) is 0 Å². The predicted molar refractivity (Wildman–Crippen MR) is 156 cm³/mol. The Morgan fingerprint density at radius 2 is 1.20 bits per heavy atom. The number of carboxylic acids is 1. The predicted octanol–water partition coefficient (Wildman–Crippen LogP) is 5.17. The van der Waals surface area contributed by atoms with Gasteiger partial charge in [-0.2, -0.15) is 15.0 Å². The molecule has 1 aromatic heterocycles. The average Bonchev–Trinajstić information content (AvgIpc) is 2.99. The zero-order chi connectivity index (χ0) is 28.7. The fraction of sp³-hybridized carbons (Fsp3) is 0.233. The number of aromatic nitrogens is 3. The number of ketones is 1. The highest BCUT2D eigenvalue weighted by atomic mass is 16.5. The van der Waals surface area contributed by atoms with Crippen LogP contribution in [0.4, 0.5) is 29.2 Å². The smallest absolute Gasteiger partial charge is 0.335 e. The first-order chi connectivity index (χ1) is 20.1. The first kappa shape index (κ1) is 29.1. The van der Waals surface area contributed by atoms with Gasteiger partial charge in [-0.1, -0.05) is 48.5 Å². The number of para-hydroxylation sites is 1. The quantitative estimate of drug-likeness (QED) is 0.101. The van der Waals surface area contributed by atoms with E-state index in [0.29, 0.717) is 63.4 Å². The van der Waals surface area contributed by atoms with Crippen molar-refractivity contribution >= 4 is 41.0 Å². The molecule has 0 amide bonds. The topological polar surface area (TPSA) is 148 Å². The SMILES string of the molecule is O=C(O)c1ccc(Nc2nc(NCCOCCOCCCC(=O)c3ccccc3)nc(Nc3ccccc3)n2)cc1. The molecule has 0 aliphatic rings. The minimum Gasteiger partial charge on any atom is -0.478 e. The summed E-state index contributed by atoms with van der Waals surface area (Å²) in [6.45, 7) is 2.21. The molecule has 0 saturated heterocycles. The van der Waals surface area contributed by atoms with E-state index in [-0.39, 0.29) is 17.3 Å². The molecule has 11 heteroatoms. The highest BCUT2D eigenvalue weighted by Crippen LogP contribution is 2.19. The molecule has 0 unspecified atom stereocenters. The molecule has 0 fully saturated rings. The molecule has 4 rings (SSSR count). The summed E-state index contributed by atoms with van der Waals surface area (Å²) in [5.41, 5.74) is 2.35. The van der Waals surface area contributed by atoms with Crippen LogP contribution in [0.25, 0.3) is 0 Å². The number of carbonyl (C=O) groups excluding carboxylic acids is 1. The number of hydrogen-bond acceptors (Lipinski definition) is 10. The molecular formula is C30H32N6O5. The number of nitrogens with one attached hydrogen (secondary N) is 3. The lowest BCUT2D eigenvalue weighted by Crippen LogP contribution is -2.15. The standard InChI is InChI=1S/C30H32N6O5/c37-26(22-8-3-1-4-9-22)12-7-18-40-20-21-41-19-17-31-28-34-29(32-24-10-5-2-6-11-24)36-30(35-28)33-25-15-13-23(14-16-25)27(38)39/h1-6,8-11,13-16H,7,12,17-21H2,(H,38,39)(H3,31,32,33,34,35,36). The summed E-state index contributed by atoms with van der Waals surface area (Å²) >= 11 is 0. The second kappa shape index (κ2) is 15.7. The molecule has 0 radical (unpaired) electrons. The Balaban J connectivity index is 1.21. The lowest BCUT2D eigenvalue weighted by Gasteiger charge is -2.12. The molecule has 3 aromatic carbocycles. The highest BCUT2D eigenvalue weighted by Gasteiger charge is 2.09. The van der Waals surface area contributed by atoms with E-state index in [9.17, 15) is 9.59 Å². The van der Waals surface area contributed by atoms with Crippen LogP contribution in [0.2, 0.25) is 0 Å². The van der Waals surface area contributed by atoms with Crippen molar-refractivity contribution in [3.05, 3.63) is 96.1 Å². The van der Waals surface area contributed by atoms with Crippen LogP contribution >= 0.6 is 0 Å². The Morgan fingerprint density at radius 3 is 1.83 bits per heavy atom. The van der Waals surface area contributed by atoms with E-state index < -0.39 is 5.97 Å². The van der Waals surface area contributed by atoms with Crippen molar-refractivity contribution in [2.24, 2.45) is 0 Å². The number of hydrogen-bond donors (Lipinski definition) is 4. The van der Waals surface area contributed by atoms with Crippen molar-refractivity contribution in [2.45, 2.75) is 12.8 Å². The third-order valence-corrected chi connectivity index (χ3v) is 5.74. The summed E-state index contributed by atoms with van der Waals surface area (Å²) in [6.07, 6.45) is 1.11. The van der Waals surface area contributed by atoms with Gasteiger partial charge in [0.1, 0.15) is 0 Å². The normalized spacial score (nSPS) is 10.6. The van der Waals surface area contributed by atoms with Crippen molar-refractivity contribution in [2.75, 3.05) is 48.9 Å². The zero-order valence-corrected chi connectivity index (χ0v) is 22.5. The van der Waals surface area contributed by atoms with E-state index in [2.05, 4.69) is 30.9 Å². The van der Waals surface area contributed by atoms with E-state index in [1.165, 1.54) is 12.1 Å². The molecule has 1 heterocycles. The molecule has 4 N–H and O–H groups in total. The molecule has 0 atom stereocenters. The minimum atomic E-state index is -0.998. The highest BCUT2D eigenvalue weighted by molar-refractivity contribution is 5.95. The van der Waals surface area contributed by atoms with Crippen LogP contribution in [0.15, 0.2) is 84.9 Å². The third-order valence-electron chi connectivity index (χ3n) is 5.74. The number of ether oxygens (including phenoxy) is 2. The van der Waals surface area contributed by atoms with Crippen LogP contribution in [-0.2, 0) is 9.47 Å². The molecule has 11 nitrogen and oxygen atoms in total. The number of nitrogens with zero attached hydrogens (tertiary/aromatic N) is 3. The van der Waals surface area contributed by atoms with Crippen LogP contribution < -0.4 is 16.0 Å². The Morgan fingerprint density at radius 1 is 0.634 bits per heavy atom. The van der Waals surface area contributed by atoms with Gasteiger partial charge in [-0.25, -0.2) is 4.79 Å². The molecule has 212 valence electrons. The Hall–Kier alpha value is -4.87. The molecule has 0 saturated carbocycles. The fourth-order valence-electron chi connectivity index (χ4n) is 3.70.